The number of ether oxygens (including phenoxy) is 1. The second kappa shape index (κ2) is 6.29. The Hall–Kier alpha value is -2.43. The van der Waals surface area contributed by atoms with E-state index in [1.807, 2.05) is 6.92 Å². The van der Waals surface area contributed by atoms with Gasteiger partial charge in [-0.1, -0.05) is 0 Å². The molecule has 7 nitrogen and oxygen atoms in total. The summed E-state index contributed by atoms with van der Waals surface area (Å²) in [5.74, 6) is -1.01. The third kappa shape index (κ3) is 3.07. The molecule has 1 aromatic carbocycles. The number of carbonyl (C=O) groups excluding carboxylic acids is 3. The Balaban J connectivity index is 1.66. The van der Waals surface area contributed by atoms with Crippen molar-refractivity contribution in [3.63, 3.8) is 0 Å². The molecule has 1 aromatic rings. The number of thioether (sulfide) groups is 1. The monoisotopic (exact) mass is 415 g/mol. The van der Waals surface area contributed by atoms with E-state index in [4.69, 9.17) is 4.74 Å². The van der Waals surface area contributed by atoms with Crippen LogP contribution in [0.3, 0.4) is 0 Å². The molecule has 150 valence electrons. The molecule has 0 radical (unpaired) electrons. The number of amides is 3. The third-order valence-electron chi connectivity index (χ3n) is 5.04. The van der Waals surface area contributed by atoms with Crippen molar-refractivity contribution < 1.29 is 32.3 Å². The highest BCUT2D eigenvalue weighted by molar-refractivity contribution is 8.01. The van der Waals surface area contributed by atoms with Gasteiger partial charge >= 0.3 is 6.18 Å². The molecule has 4 rings (SSSR count). The summed E-state index contributed by atoms with van der Waals surface area (Å²) >= 11 is 1.48. The number of hydrogen-bond donors (Lipinski definition) is 2. The molecule has 3 aliphatic rings. The van der Waals surface area contributed by atoms with Gasteiger partial charge in [-0.05, 0) is 25.5 Å². The Morgan fingerprint density at radius 2 is 2.14 bits per heavy atom. The van der Waals surface area contributed by atoms with Gasteiger partial charge in [0.15, 0.2) is 12.4 Å². The van der Waals surface area contributed by atoms with Crippen molar-refractivity contribution in [2.75, 3.05) is 23.0 Å². The fourth-order valence-electron chi connectivity index (χ4n) is 3.69. The molecule has 28 heavy (non-hydrogen) atoms. The van der Waals surface area contributed by atoms with Crippen LogP contribution in [0.25, 0.3) is 0 Å². The normalized spacial score (nSPS) is 26.4. The van der Waals surface area contributed by atoms with Gasteiger partial charge in [0.1, 0.15) is 6.04 Å². The van der Waals surface area contributed by atoms with E-state index in [0.29, 0.717) is 18.6 Å². The second-order valence-corrected chi connectivity index (χ2v) is 8.49. The maximum absolute atomic E-state index is 13.2. The molecule has 0 aliphatic carbocycles. The standard InChI is InChI=1S/C17H16F3N3O4S/c1-16-3-2-13(25)23(16)11(7-28-16)15(26)22-10-5-8(17(18,19)20)4-9-14(10)27-6-12(24)21-9/h4-5,11H,2-3,6-7H2,1H3,(H,21,24)(H,22,26). The highest BCUT2D eigenvalue weighted by Crippen LogP contribution is 2.48. The van der Waals surface area contributed by atoms with Crippen LogP contribution in [0.15, 0.2) is 12.1 Å². The molecule has 11 heteroatoms. The lowest BCUT2D eigenvalue weighted by molar-refractivity contribution is -0.137. The lowest BCUT2D eigenvalue weighted by Gasteiger charge is -2.30. The van der Waals surface area contributed by atoms with Gasteiger partial charge < -0.3 is 20.3 Å². The summed E-state index contributed by atoms with van der Waals surface area (Å²) in [4.78, 5) is 37.5. The highest BCUT2D eigenvalue weighted by Gasteiger charge is 2.53. The highest BCUT2D eigenvalue weighted by atomic mass is 32.2. The predicted molar refractivity (Wildman–Crippen MR) is 94.9 cm³/mol. The Labute approximate surface area is 162 Å². The summed E-state index contributed by atoms with van der Waals surface area (Å²) in [7, 11) is 0. The first kappa shape index (κ1) is 18.9. The fourth-order valence-corrected chi connectivity index (χ4v) is 5.12. The predicted octanol–water partition coefficient (Wildman–Crippen LogP) is 2.43. The molecular formula is C17H16F3N3O4S. The van der Waals surface area contributed by atoms with E-state index in [0.717, 1.165) is 12.1 Å². The summed E-state index contributed by atoms with van der Waals surface area (Å²) < 4.78 is 44.9. The van der Waals surface area contributed by atoms with Crippen LogP contribution in [0, 0.1) is 0 Å². The number of nitrogens with one attached hydrogen (secondary N) is 2. The number of halogens is 3. The Morgan fingerprint density at radius 1 is 1.39 bits per heavy atom. The van der Waals surface area contributed by atoms with E-state index in [1.54, 1.807) is 0 Å². The van der Waals surface area contributed by atoms with Crippen molar-refractivity contribution in [1.82, 2.24) is 4.90 Å². The summed E-state index contributed by atoms with van der Waals surface area (Å²) in [5.41, 5.74) is -1.39. The first-order valence-electron chi connectivity index (χ1n) is 8.53. The van der Waals surface area contributed by atoms with Crippen molar-refractivity contribution >= 4 is 40.9 Å². The molecule has 3 amide bonds. The molecule has 3 aliphatic heterocycles. The third-order valence-corrected chi connectivity index (χ3v) is 6.55. The van der Waals surface area contributed by atoms with Gasteiger partial charge in [0, 0.05) is 12.2 Å². The molecule has 0 aromatic heterocycles. The topological polar surface area (TPSA) is 87.7 Å². The molecule has 0 saturated carbocycles. The van der Waals surface area contributed by atoms with Crippen molar-refractivity contribution in [1.29, 1.82) is 0 Å². The minimum absolute atomic E-state index is 0.0397. The summed E-state index contributed by atoms with van der Waals surface area (Å²) in [6, 6.07) is 0.740. The van der Waals surface area contributed by atoms with Crippen molar-refractivity contribution in [2.45, 2.75) is 36.9 Å². The van der Waals surface area contributed by atoms with E-state index in [-0.39, 0.29) is 29.6 Å². The zero-order valence-corrected chi connectivity index (χ0v) is 15.5. The number of hydrogen-bond acceptors (Lipinski definition) is 5. The average Bonchev–Trinajstić information content (AvgIpc) is 3.10. The number of nitrogens with zero attached hydrogens (tertiary/aromatic N) is 1. The van der Waals surface area contributed by atoms with Crippen molar-refractivity contribution in [3.05, 3.63) is 17.7 Å². The number of fused-ring (bicyclic) bond motifs is 2. The SMILES string of the molecule is CC12CCC(=O)N1C(C(=O)Nc1cc(C(F)(F)F)cc3c1OCC(=O)N3)CS2. The van der Waals surface area contributed by atoms with E-state index in [9.17, 15) is 27.6 Å². The lowest BCUT2D eigenvalue weighted by atomic mass is 10.1. The molecule has 0 spiro atoms. The van der Waals surface area contributed by atoms with Gasteiger partial charge in [-0.15, -0.1) is 11.8 Å². The van der Waals surface area contributed by atoms with E-state index >= 15 is 0 Å². The Morgan fingerprint density at radius 3 is 2.86 bits per heavy atom. The average molecular weight is 415 g/mol. The first-order valence-corrected chi connectivity index (χ1v) is 9.52. The molecule has 3 heterocycles. The summed E-state index contributed by atoms with van der Waals surface area (Å²) in [5, 5.41) is 4.79. The molecular weight excluding hydrogens is 399 g/mol. The zero-order valence-electron chi connectivity index (χ0n) is 14.7. The van der Waals surface area contributed by atoms with Crippen molar-refractivity contribution in [3.8, 4) is 5.75 Å². The van der Waals surface area contributed by atoms with Crippen molar-refractivity contribution in [2.24, 2.45) is 0 Å². The minimum atomic E-state index is -4.68. The van der Waals surface area contributed by atoms with Crippen LogP contribution in [-0.4, -0.2) is 45.9 Å². The zero-order chi connectivity index (χ0) is 20.3. The van der Waals surface area contributed by atoms with Crippen LogP contribution < -0.4 is 15.4 Å². The quantitative estimate of drug-likeness (QED) is 0.775. The summed E-state index contributed by atoms with van der Waals surface area (Å²) in [6.45, 7) is 1.50. The lowest BCUT2D eigenvalue weighted by Crippen LogP contribution is -2.48. The molecule has 2 N–H and O–H groups in total. The first-order chi connectivity index (χ1) is 13.1. The second-order valence-electron chi connectivity index (χ2n) is 6.99. The van der Waals surface area contributed by atoms with Crippen LogP contribution in [0.4, 0.5) is 24.5 Å². The molecule has 2 fully saturated rings. The number of rotatable bonds is 2. The van der Waals surface area contributed by atoms with Gasteiger partial charge in [-0.25, -0.2) is 0 Å². The van der Waals surface area contributed by atoms with Gasteiger partial charge in [-0.3, -0.25) is 14.4 Å². The smallest absolute Gasteiger partial charge is 0.416 e. The van der Waals surface area contributed by atoms with E-state index in [1.165, 1.54) is 16.7 Å². The van der Waals surface area contributed by atoms with E-state index < -0.39 is 34.5 Å². The van der Waals surface area contributed by atoms with Crippen LogP contribution in [0.5, 0.6) is 5.75 Å². The molecule has 2 atom stereocenters. The van der Waals surface area contributed by atoms with Gasteiger partial charge in [0.05, 0.1) is 21.8 Å². The van der Waals surface area contributed by atoms with E-state index in [2.05, 4.69) is 10.6 Å². The van der Waals surface area contributed by atoms with Crippen LogP contribution in [-0.2, 0) is 20.6 Å². The molecule has 2 unspecified atom stereocenters. The number of anilines is 2. The number of alkyl halides is 3. The molecule has 0 bridgehead atoms. The summed E-state index contributed by atoms with van der Waals surface area (Å²) in [6.07, 6.45) is -3.72. The number of benzene rings is 1. The van der Waals surface area contributed by atoms with Gasteiger partial charge in [0.25, 0.3) is 5.91 Å². The largest absolute Gasteiger partial charge is 0.479 e. The maximum Gasteiger partial charge on any atom is 0.416 e. The van der Waals surface area contributed by atoms with Crippen LogP contribution >= 0.6 is 11.8 Å². The van der Waals surface area contributed by atoms with Gasteiger partial charge in [0.2, 0.25) is 11.8 Å². The minimum Gasteiger partial charge on any atom is -0.479 e. The van der Waals surface area contributed by atoms with Crippen LogP contribution in [0.1, 0.15) is 25.3 Å². The van der Waals surface area contributed by atoms with Crippen LogP contribution in [0.2, 0.25) is 0 Å². The molecule has 2 saturated heterocycles. The Bertz CT molecular complexity index is 891. The fraction of sp³-hybridized carbons (Fsp3) is 0.471. The number of carbonyl (C=O) groups is 3. The van der Waals surface area contributed by atoms with Gasteiger partial charge in [-0.2, -0.15) is 13.2 Å². The maximum atomic E-state index is 13.2. The Kier molecular flexibility index (Phi) is 4.25.